The van der Waals surface area contributed by atoms with Gasteiger partial charge in [-0.05, 0) is 86.4 Å². The van der Waals surface area contributed by atoms with Gasteiger partial charge in [-0.25, -0.2) is 0 Å². The van der Waals surface area contributed by atoms with Gasteiger partial charge < -0.3 is 19.7 Å². The Bertz CT molecular complexity index is 755. The zero-order valence-corrected chi connectivity index (χ0v) is 20.2. The van der Waals surface area contributed by atoms with Gasteiger partial charge in [0.2, 0.25) is 0 Å². The van der Waals surface area contributed by atoms with Gasteiger partial charge in [-0.2, -0.15) is 0 Å². The fourth-order valence-electron chi connectivity index (χ4n) is 9.12. The van der Waals surface area contributed by atoms with Crippen molar-refractivity contribution in [3.63, 3.8) is 0 Å². The fraction of sp³-hybridized carbons (Fsp3) is 0.885. The van der Waals surface area contributed by atoms with Crippen molar-refractivity contribution in [1.29, 1.82) is 0 Å². The van der Waals surface area contributed by atoms with Gasteiger partial charge >= 0.3 is 5.97 Å². The highest BCUT2D eigenvalue weighted by atomic mass is 16.5. The van der Waals surface area contributed by atoms with E-state index in [9.17, 15) is 24.6 Å². The van der Waals surface area contributed by atoms with Crippen LogP contribution in [0, 0.1) is 46.3 Å². The molecule has 0 aromatic rings. The van der Waals surface area contributed by atoms with E-state index < -0.39 is 5.97 Å². The highest BCUT2D eigenvalue weighted by Crippen LogP contribution is 2.69. The van der Waals surface area contributed by atoms with Crippen LogP contribution in [0.25, 0.3) is 0 Å². The van der Waals surface area contributed by atoms with Crippen LogP contribution in [0.15, 0.2) is 0 Å². The number of aliphatic carboxylic acids is 1. The maximum Gasteiger partial charge on any atom is 0.303 e. The Morgan fingerprint density at radius 2 is 1.79 bits per heavy atom. The number of ether oxygens (including phenoxy) is 2. The van der Waals surface area contributed by atoms with E-state index in [-0.39, 0.29) is 71.1 Å². The summed E-state index contributed by atoms with van der Waals surface area (Å²) in [5.41, 5.74) is -0.257. The second kappa shape index (κ2) is 9.20. The minimum absolute atomic E-state index is 0.0193. The normalized spacial score (nSPS) is 47.4. The molecule has 4 fully saturated rings. The van der Waals surface area contributed by atoms with Crippen LogP contribution in [0.5, 0.6) is 0 Å². The lowest BCUT2D eigenvalue weighted by Crippen LogP contribution is -2.63. The number of hydrogen-bond donors (Lipinski definition) is 2. The van der Waals surface area contributed by atoms with E-state index in [0.29, 0.717) is 19.4 Å². The van der Waals surface area contributed by atoms with Gasteiger partial charge in [-0.3, -0.25) is 14.4 Å². The first-order chi connectivity index (χ1) is 15.7. The molecule has 186 valence electrons. The third-order valence-electron chi connectivity index (χ3n) is 10.7. The van der Waals surface area contributed by atoms with Crippen LogP contribution in [0.2, 0.25) is 0 Å². The summed E-state index contributed by atoms with van der Waals surface area (Å²) in [4.78, 5) is 34.3. The molecular weight excluding hydrogens is 424 g/mol. The number of aliphatic hydroxyl groups excluding tert-OH is 1. The first kappa shape index (κ1) is 24.5. The molecule has 0 heterocycles. The van der Waals surface area contributed by atoms with Crippen LogP contribution in [-0.2, 0) is 23.9 Å². The summed E-state index contributed by atoms with van der Waals surface area (Å²) < 4.78 is 11.6. The van der Waals surface area contributed by atoms with Crippen LogP contribution in [0.3, 0.4) is 0 Å². The van der Waals surface area contributed by atoms with E-state index >= 15 is 0 Å². The van der Waals surface area contributed by atoms with Crippen molar-refractivity contribution in [3.8, 4) is 0 Å². The molecule has 4 aliphatic rings. The number of rotatable bonds is 8. The van der Waals surface area contributed by atoms with Gasteiger partial charge in [0.1, 0.15) is 12.2 Å². The Morgan fingerprint density at radius 1 is 1.06 bits per heavy atom. The second-order valence-corrected chi connectivity index (χ2v) is 11.8. The molecule has 0 aromatic carbocycles. The van der Waals surface area contributed by atoms with Crippen molar-refractivity contribution < 1.29 is 34.1 Å². The van der Waals surface area contributed by atoms with Gasteiger partial charge in [0.05, 0.1) is 6.10 Å². The maximum absolute atomic E-state index is 11.6. The maximum atomic E-state index is 11.6. The Labute approximate surface area is 196 Å². The average Bonchev–Trinajstić information content (AvgIpc) is 3.12. The fourth-order valence-corrected chi connectivity index (χ4v) is 9.12. The van der Waals surface area contributed by atoms with Gasteiger partial charge in [0.25, 0.3) is 12.9 Å². The number of fused-ring (bicyclic) bond motifs is 5. The molecular formula is C26H40O7. The number of hydrogen-bond acceptors (Lipinski definition) is 6. The van der Waals surface area contributed by atoms with E-state index in [4.69, 9.17) is 9.47 Å². The minimum Gasteiger partial charge on any atom is -0.481 e. The van der Waals surface area contributed by atoms with Crippen molar-refractivity contribution in [2.75, 3.05) is 0 Å². The smallest absolute Gasteiger partial charge is 0.303 e. The molecule has 4 rings (SSSR count). The summed E-state index contributed by atoms with van der Waals surface area (Å²) in [6.07, 6.45) is 5.92. The first-order valence-electron chi connectivity index (χ1n) is 12.7. The van der Waals surface area contributed by atoms with Gasteiger partial charge in [-0.15, -0.1) is 0 Å². The standard InChI is InChI=1S/C26H40O7/c1-15(4-7-23(30)31)18-5-6-19-24-20(12-22(33-14-28)26(18,19)3)25(2)9-8-17(29)10-16(25)11-21(24)32-13-27/h13-22,24,29H,4-12H2,1-3H3,(H,30,31)/t15-,16+,17-,18?,19+,20+,21-,22+,24?,25+,26-/m1/s1. The molecule has 0 amide bonds. The van der Waals surface area contributed by atoms with E-state index in [2.05, 4.69) is 20.8 Å². The van der Waals surface area contributed by atoms with Crippen LogP contribution in [0.4, 0.5) is 0 Å². The van der Waals surface area contributed by atoms with E-state index in [1.165, 1.54) is 0 Å². The second-order valence-electron chi connectivity index (χ2n) is 11.8. The molecule has 33 heavy (non-hydrogen) atoms. The lowest BCUT2D eigenvalue weighted by atomic mass is 9.43. The molecule has 0 bridgehead atoms. The Hall–Kier alpha value is -1.63. The number of carboxylic acid groups (broad SMARTS) is 1. The predicted molar refractivity (Wildman–Crippen MR) is 120 cm³/mol. The first-order valence-corrected chi connectivity index (χ1v) is 12.7. The van der Waals surface area contributed by atoms with Gasteiger partial charge in [0.15, 0.2) is 0 Å². The lowest BCUT2D eigenvalue weighted by molar-refractivity contribution is -0.217. The molecule has 0 spiro atoms. The molecule has 4 aliphatic carbocycles. The summed E-state index contributed by atoms with van der Waals surface area (Å²) in [6.45, 7) is 7.86. The molecule has 7 nitrogen and oxygen atoms in total. The van der Waals surface area contributed by atoms with Crippen molar-refractivity contribution in [2.24, 2.45) is 46.3 Å². The van der Waals surface area contributed by atoms with Crippen molar-refractivity contribution in [3.05, 3.63) is 0 Å². The van der Waals surface area contributed by atoms with E-state index in [0.717, 1.165) is 44.9 Å². The van der Waals surface area contributed by atoms with Crippen molar-refractivity contribution in [2.45, 2.75) is 96.9 Å². The molecule has 0 saturated heterocycles. The summed E-state index contributed by atoms with van der Waals surface area (Å²) in [5, 5.41) is 19.6. The van der Waals surface area contributed by atoms with Crippen molar-refractivity contribution in [1.82, 2.24) is 0 Å². The quantitative estimate of drug-likeness (QED) is 0.526. The summed E-state index contributed by atoms with van der Waals surface area (Å²) in [5.74, 6) is 0.644. The Morgan fingerprint density at radius 3 is 2.45 bits per heavy atom. The number of carboxylic acids is 1. The molecule has 2 N–H and O–H groups in total. The van der Waals surface area contributed by atoms with Crippen LogP contribution in [0.1, 0.15) is 78.6 Å². The van der Waals surface area contributed by atoms with Gasteiger partial charge in [-0.1, -0.05) is 20.8 Å². The van der Waals surface area contributed by atoms with Crippen LogP contribution >= 0.6 is 0 Å². The zero-order chi connectivity index (χ0) is 24.0. The molecule has 11 atom stereocenters. The van der Waals surface area contributed by atoms with Crippen LogP contribution in [-0.4, -0.2) is 47.4 Å². The third-order valence-corrected chi connectivity index (χ3v) is 10.7. The molecule has 0 radical (unpaired) electrons. The number of carbonyl (C=O) groups is 3. The van der Waals surface area contributed by atoms with Crippen LogP contribution < -0.4 is 0 Å². The zero-order valence-electron chi connectivity index (χ0n) is 20.2. The SMILES string of the molecule is C[C@H](CCC(=O)O)C1CC[C@H]2C3[C@H](OC=O)C[C@@H]4C[C@H](O)CC[C@]4(C)[C@H]3C[C@H](OC=O)[C@]12C. The number of aliphatic hydroxyl groups is 1. The highest BCUT2D eigenvalue weighted by Gasteiger charge is 2.67. The third kappa shape index (κ3) is 3.98. The molecule has 7 heteroatoms. The summed E-state index contributed by atoms with van der Waals surface area (Å²) in [6, 6.07) is 0. The summed E-state index contributed by atoms with van der Waals surface area (Å²) in [7, 11) is 0. The Kier molecular flexibility index (Phi) is 6.83. The average molecular weight is 465 g/mol. The predicted octanol–water partition coefficient (Wildman–Crippen LogP) is 3.81. The Balaban J connectivity index is 1.70. The summed E-state index contributed by atoms with van der Waals surface area (Å²) >= 11 is 0. The topological polar surface area (TPSA) is 110 Å². The molecule has 4 saturated carbocycles. The molecule has 0 aromatic heterocycles. The lowest BCUT2D eigenvalue weighted by Gasteiger charge is -2.64. The minimum atomic E-state index is -0.781. The van der Waals surface area contributed by atoms with E-state index in [1.807, 2.05) is 0 Å². The largest absolute Gasteiger partial charge is 0.481 e. The molecule has 2 unspecified atom stereocenters. The van der Waals surface area contributed by atoms with Crippen molar-refractivity contribution >= 4 is 18.9 Å². The van der Waals surface area contributed by atoms with E-state index in [1.54, 1.807) is 0 Å². The van der Waals surface area contributed by atoms with Gasteiger partial charge in [0, 0.05) is 17.8 Å². The molecule has 0 aliphatic heterocycles. The highest BCUT2D eigenvalue weighted by molar-refractivity contribution is 5.66. The number of carbonyl (C=O) groups excluding carboxylic acids is 2. The monoisotopic (exact) mass is 464 g/mol.